The Kier molecular flexibility index (Phi) is 6.68. The molecule has 0 unspecified atom stereocenters. The summed E-state index contributed by atoms with van der Waals surface area (Å²) in [6.07, 6.45) is 0. The van der Waals surface area contributed by atoms with Gasteiger partial charge in [0.05, 0.1) is 0 Å². The molecule has 4 rings (SSSR count). The van der Waals surface area contributed by atoms with Gasteiger partial charge >= 0.3 is 41.3 Å². The van der Waals surface area contributed by atoms with Gasteiger partial charge in [0.15, 0.2) is 0 Å². The molecule has 0 N–H and O–H groups in total. The third-order valence-electron chi connectivity index (χ3n) is 3.08. The number of rotatable bonds is 0. The third kappa shape index (κ3) is 5.00. The predicted molar refractivity (Wildman–Crippen MR) is 95.4 cm³/mol. The van der Waals surface area contributed by atoms with Gasteiger partial charge in [-0.3, -0.25) is 0 Å². The van der Waals surface area contributed by atoms with Gasteiger partial charge in [-0.25, -0.2) is 12.1 Å². The maximum atomic E-state index is 2.24. The maximum absolute atomic E-state index is 2.24. The summed E-state index contributed by atoms with van der Waals surface area (Å²) in [7, 11) is 0. The van der Waals surface area contributed by atoms with E-state index in [9.17, 15) is 0 Å². The Bertz CT molecular complexity index is 748. The van der Waals surface area contributed by atoms with Crippen LogP contribution in [0.2, 0.25) is 0 Å². The second-order valence-electron chi connectivity index (χ2n) is 5.28. The van der Waals surface area contributed by atoms with Crippen LogP contribution in [0.15, 0.2) is 84.9 Å². The van der Waals surface area contributed by atoms with Crippen molar-refractivity contribution in [3.05, 3.63) is 84.9 Å². The van der Waals surface area contributed by atoms with E-state index >= 15 is 0 Å². The van der Waals surface area contributed by atoms with Crippen LogP contribution in [0.5, 0.6) is 0 Å². The first kappa shape index (κ1) is 16.8. The number of hydrogen-bond donors (Lipinski definition) is 0. The molecule has 22 heavy (non-hydrogen) atoms. The molecule has 0 heterocycles. The Hall–Kier alpha value is -1.59. The minimum Gasteiger partial charge on any atom is -0.214 e. The van der Waals surface area contributed by atoms with E-state index in [0.29, 0.717) is 0 Å². The molecule has 4 aromatic rings. The molecule has 0 fully saturated rings. The Balaban J connectivity index is 0.000000163. The van der Waals surface area contributed by atoms with Crippen molar-refractivity contribution < 1.29 is 24.2 Å². The summed E-state index contributed by atoms with van der Waals surface area (Å²) in [5, 5.41) is 5.39. The third-order valence-corrected chi connectivity index (χ3v) is 3.08. The predicted octanol–water partition coefficient (Wildman–Crippen LogP) is 5.86. The van der Waals surface area contributed by atoms with Crippen LogP contribution < -0.4 is 0 Å². The van der Waals surface area contributed by atoms with Crippen LogP contribution in [0.25, 0.3) is 21.5 Å². The molecular formula is C21H20Zr. The van der Waals surface area contributed by atoms with Crippen molar-refractivity contribution in [1.29, 1.82) is 0 Å². The molecule has 0 radical (unpaired) electrons. The van der Waals surface area contributed by atoms with Gasteiger partial charge in [-0.2, -0.15) is 18.2 Å². The van der Waals surface area contributed by atoms with Gasteiger partial charge in [0.2, 0.25) is 0 Å². The van der Waals surface area contributed by atoms with Crippen molar-refractivity contribution in [1.82, 2.24) is 0 Å². The zero-order valence-electron chi connectivity index (χ0n) is 13.1. The summed E-state index contributed by atoms with van der Waals surface area (Å²) >= 11 is 1.55. The van der Waals surface area contributed by atoms with Gasteiger partial charge in [0.1, 0.15) is 0 Å². The molecule has 0 aliphatic carbocycles. The molecule has 108 valence electrons. The van der Waals surface area contributed by atoms with Crippen molar-refractivity contribution >= 4 is 24.8 Å². The Morgan fingerprint density at radius 2 is 1.14 bits per heavy atom. The second-order valence-corrected chi connectivity index (χ2v) is 7.74. The van der Waals surface area contributed by atoms with E-state index < -0.39 is 0 Å². The minimum atomic E-state index is 1.34. The number of fused-ring (bicyclic) bond motifs is 3. The van der Waals surface area contributed by atoms with Crippen LogP contribution in [-0.2, 0) is 24.2 Å². The minimum absolute atomic E-state index is 1.34. The SMILES string of the molecule is C[C](C)=[Zr+2].c1cc[cH-]c1.c1ccc2c(c1)[cH-]c1ccccc12. The Labute approximate surface area is 147 Å². The Morgan fingerprint density at radius 3 is 1.50 bits per heavy atom. The molecule has 0 aliphatic heterocycles. The van der Waals surface area contributed by atoms with Crippen molar-refractivity contribution in [3.63, 3.8) is 0 Å². The Morgan fingerprint density at radius 1 is 0.727 bits per heavy atom. The second kappa shape index (κ2) is 8.76. The molecule has 1 heteroatoms. The summed E-state index contributed by atoms with van der Waals surface area (Å²) in [6, 6.07) is 29.3. The first-order valence-corrected chi connectivity index (χ1v) is 8.63. The van der Waals surface area contributed by atoms with Crippen LogP contribution in [0, 0.1) is 0 Å². The molecule has 0 aliphatic rings. The van der Waals surface area contributed by atoms with E-state index in [4.69, 9.17) is 0 Å². The molecule has 0 amide bonds. The van der Waals surface area contributed by atoms with E-state index in [0.717, 1.165) is 0 Å². The fourth-order valence-corrected chi connectivity index (χ4v) is 2.22. The van der Waals surface area contributed by atoms with E-state index in [1.165, 1.54) is 24.8 Å². The van der Waals surface area contributed by atoms with Gasteiger partial charge in [0.25, 0.3) is 0 Å². The summed E-state index contributed by atoms with van der Waals surface area (Å²) < 4.78 is 1.51. The number of hydrogen-bond acceptors (Lipinski definition) is 0. The summed E-state index contributed by atoms with van der Waals surface area (Å²) in [5.41, 5.74) is 0. The van der Waals surface area contributed by atoms with Gasteiger partial charge in [0, 0.05) is 0 Å². The van der Waals surface area contributed by atoms with Gasteiger partial charge in [-0.1, -0.05) is 36.4 Å². The summed E-state index contributed by atoms with van der Waals surface area (Å²) in [4.78, 5) is 0. The zero-order chi connectivity index (χ0) is 15.8. The molecule has 0 saturated carbocycles. The fourth-order valence-electron chi connectivity index (χ4n) is 2.22. The van der Waals surface area contributed by atoms with E-state index in [1.54, 1.807) is 24.2 Å². The molecule has 4 aromatic carbocycles. The molecule has 0 spiro atoms. The van der Waals surface area contributed by atoms with E-state index in [-0.39, 0.29) is 0 Å². The van der Waals surface area contributed by atoms with Crippen LogP contribution in [0.1, 0.15) is 13.8 Å². The van der Waals surface area contributed by atoms with Crippen molar-refractivity contribution in [2.45, 2.75) is 13.8 Å². The molecule has 0 bridgehead atoms. The number of benzene rings is 2. The average Bonchev–Trinajstić information content (AvgIpc) is 3.18. The van der Waals surface area contributed by atoms with Gasteiger partial charge < -0.3 is 0 Å². The van der Waals surface area contributed by atoms with Gasteiger partial charge in [-0.05, 0) is 0 Å². The molecular weight excluding hydrogens is 343 g/mol. The zero-order valence-corrected chi connectivity index (χ0v) is 15.5. The van der Waals surface area contributed by atoms with Crippen LogP contribution in [-0.4, -0.2) is 3.21 Å². The average molecular weight is 364 g/mol. The van der Waals surface area contributed by atoms with Crippen LogP contribution >= 0.6 is 0 Å². The van der Waals surface area contributed by atoms with Crippen LogP contribution in [0.4, 0.5) is 0 Å². The first-order valence-electron chi connectivity index (χ1n) is 7.40. The fraction of sp³-hybridized carbons (Fsp3) is 0.0952. The topological polar surface area (TPSA) is 0 Å². The van der Waals surface area contributed by atoms with Crippen molar-refractivity contribution in [2.24, 2.45) is 0 Å². The summed E-state index contributed by atoms with van der Waals surface area (Å²) in [5.74, 6) is 0. The van der Waals surface area contributed by atoms with Crippen LogP contribution in [0.3, 0.4) is 0 Å². The first-order chi connectivity index (χ1) is 10.7. The van der Waals surface area contributed by atoms with Crippen molar-refractivity contribution in [2.75, 3.05) is 0 Å². The quantitative estimate of drug-likeness (QED) is 0.343. The monoisotopic (exact) mass is 362 g/mol. The van der Waals surface area contributed by atoms with Gasteiger partial charge in [-0.15, -0.1) is 39.7 Å². The van der Waals surface area contributed by atoms with E-state index in [1.807, 2.05) is 30.3 Å². The largest absolute Gasteiger partial charge is 0.214 e. The normalized spacial score (nSPS) is 9.64. The smallest absolute Gasteiger partial charge is 0.0771 e. The maximum Gasteiger partial charge on any atom is -0.0771 e. The molecule has 0 atom stereocenters. The molecule has 0 aromatic heterocycles. The molecule has 0 saturated heterocycles. The van der Waals surface area contributed by atoms with Crippen molar-refractivity contribution in [3.8, 4) is 0 Å². The molecule has 0 nitrogen and oxygen atoms in total. The standard InChI is InChI=1S/C13H9.C5H5.C3H6.Zr/c1-3-7-12-10(5-1)9-11-6-2-4-8-13(11)12;1-2-4-5-3-1;1-3-2;/h1-9H;1-5H;1-2H3;/q2*-1;;+2. The van der Waals surface area contributed by atoms with E-state index in [2.05, 4.69) is 68.4 Å². The summed E-state index contributed by atoms with van der Waals surface area (Å²) in [6.45, 7) is 4.25.